The average molecular weight is 347 g/mol. The number of thiophene rings is 1. The SMILES string of the molecule is O=C(O)CC1(NC(=O)NCc2cc(Br)cs2)CCC1. The van der Waals surface area contributed by atoms with Crippen LogP contribution in [0, 0.1) is 0 Å². The Morgan fingerprint density at radius 3 is 2.68 bits per heavy atom. The molecular weight excluding hydrogens is 332 g/mol. The van der Waals surface area contributed by atoms with E-state index in [9.17, 15) is 9.59 Å². The van der Waals surface area contributed by atoms with Gasteiger partial charge in [-0.3, -0.25) is 4.79 Å². The molecule has 1 aliphatic carbocycles. The molecule has 0 aliphatic heterocycles. The van der Waals surface area contributed by atoms with Crippen molar-refractivity contribution in [3.8, 4) is 0 Å². The van der Waals surface area contributed by atoms with Crippen LogP contribution in [-0.2, 0) is 11.3 Å². The summed E-state index contributed by atoms with van der Waals surface area (Å²) in [5.41, 5.74) is -0.550. The molecule has 19 heavy (non-hydrogen) atoms. The highest BCUT2D eigenvalue weighted by Crippen LogP contribution is 2.34. The van der Waals surface area contributed by atoms with Crippen LogP contribution >= 0.6 is 27.3 Å². The van der Waals surface area contributed by atoms with Crippen LogP contribution in [0.4, 0.5) is 4.79 Å². The minimum Gasteiger partial charge on any atom is -0.481 e. The van der Waals surface area contributed by atoms with Crippen molar-refractivity contribution in [2.24, 2.45) is 0 Å². The zero-order valence-electron chi connectivity index (χ0n) is 10.2. The predicted octanol–water partition coefficient (Wildman–Crippen LogP) is 2.71. The molecule has 1 aromatic heterocycles. The third-order valence-corrected chi connectivity index (χ3v) is 4.92. The Kier molecular flexibility index (Phi) is 4.46. The molecule has 0 radical (unpaired) electrons. The first-order chi connectivity index (χ1) is 8.99. The lowest BCUT2D eigenvalue weighted by Gasteiger charge is -2.41. The summed E-state index contributed by atoms with van der Waals surface area (Å²) in [4.78, 5) is 23.6. The predicted molar refractivity (Wildman–Crippen MR) is 76.2 cm³/mol. The molecule has 0 unspecified atom stereocenters. The van der Waals surface area contributed by atoms with E-state index >= 15 is 0 Å². The number of halogens is 1. The maximum atomic E-state index is 11.8. The second-order valence-corrected chi connectivity index (χ2v) is 6.65. The van der Waals surface area contributed by atoms with E-state index in [2.05, 4.69) is 26.6 Å². The number of carbonyl (C=O) groups is 2. The van der Waals surface area contributed by atoms with Crippen LogP contribution in [0.15, 0.2) is 15.9 Å². The molecule has 1 saturated carbocycles. The van der Waals surface area contributed by atoms with Gasteiger partial charge in [0.1, 0.15) is 0 Å². The molecule has 5 nitrogen and oxygen atoms in total. The molecule has 0 bridgehead atoms. The van der Waals surface area contributed by atoms with Crippen molar-refractivity contribution < 1.29 is 14.7 Å². The third-order valence-electron chi connectivity index (χ3n) is 3.22. The number of nitrogens with one attached hydrogen (secondary N) is 2. The average Bonchev–Trinajstić information content (AvgIpc) is 2.69. The fourth-order valence-corrected chi connectivity index (χ4v) is 3.53. The first kappa shape index (κ1) is 14.3. The van der Waals surface area contributed by atoms with Crippen molar-refractivity contribution in [3.63, 3.8) is 0 Å². The fraction of sp³-hybridized carbons (Fsp3) is 0.500. The molecule has 0 aromatic carbocycles. The molecule has 104 valence electrons. The summed E-state index contributed by atoms with van der Waals surface area (Å²) in [7, 11) is 0. The summed E-state index contributed by atoms with van der Waals surface area (Å²) in [6.45, 7) is 0.450. The Morgan fingerprint density at radius 1 is 1.47 bits per heavy atom. The number of rotatable bonds is 5. The molecule has 0 spiro atoms. The van der Waals surface area contributed by atoms with E-state index in [-0.39, 0.29) is 12.5 Å². The zero-order valence-corrected chi connectivity index (χ0v) is 12.6. The summed E-state index contributed by atoms with van der Waals surface area (Å²) in [5, 5.41) is 16.4. The van der Waals surface area contributed by atoms with Crippen LogP contribution < -0.4 is 10.6 Å². The Bertz CT molecular complexity index is 485. The monoisotopic (exact) mass is 346 g/mol. The Labute approximate surface area is 123 Å². The topological polar surface area (TPSA) is 78.4 Å². The van der Waals surface area contributed by atoms with Gasteiger partial charge in [-0.15, -0.1) is 11.3 Å². The van der Waals surface area contributed by atoms with Gasteiger partial charge < -0.3 is 15.7 Å². The molecule has 3 N–H and O–H groups in total. The standard InChI is InChI=1S/C12H15BrN2O3S/c13-8-4-9(19-7-8)6-14-11(18)15-12(2-1-3-12)5-10(16)17/h4,7H,1-3,5-6H2,(H,16,17)(H2,14,15,18). The minimum absolute atomic E-state index is 0.00896. The van der Waals surface area contributed by atoms with E-state index in [4.69, 9.17) is 5.11 Å². The summed E-state index contributed by atoms with van der Waals surface area (Å²) >= 11 is 4.91. The van der Waals surface area contributed by atoms with Crippen molar-refractivity contribution in [3.05, 3.63) is 20.8 Å². The van der Waals surface area contributed by atoms with Crippen LogP contribution in [0.1, 0.15) is 30.6 Å². The maximum Gasteiger partial charge on any atom is 0.315 e. The van der Waals surface area contributed by atoms with Crippen molar-refractivity contribution in [2.45, 2.75) is 37.8 Å². The largest absolute Gasteiger partial charge is 0.481 e. The van der Waals surface area contributed by atoms with Gasteiger partial charge in [0.2, 0.25) is 0 Å². The normalized spacial score (nSPS) is 16.5. The maximum absolute atomic E-state index is 11.8. The van der Waals surface area contributed by atoms with Gasteiger partial charge in [-0.1, -0.05) is 0 Å². The molecule has 1 heterocycles. The highest BCUT2D eigenvalue weighted by atomic mass is 79.9. The van der Waals surface area contributed by atoms with Gasteiger partial charge in [0.25, 0.3) is 0 Å². The van der Waals surface area contributed by atoms with Crippen molar-refractivity contribution in [1.82, 2.24) is 10.6 Å². The third kappa shape index (κ3) is 3.94. The highest BCUT2D eigenvalue weighted by molar-refractivity contribution is 9.10. The smallest absolute Gasteiger partial charge is 0.315 e. The second-order valence-electron chi connectivity index (χ2n) is 4.74. The van der Waals surface area contributed by atoms with Gasteiger partial charge >= 0.3 is 12.0 Å². The number of carbonyl (C=O) groups excluding carboxylic acids is 1. The van der Waals surface area contributed by atoms with Crippen molar-refractivity contribution in [1.29, 1.82) is 0 Å². The number of urea groups is 1. The number of aliphatic carboxylic acids is 1. The lowest BCUT2D eigenvalue weighted by atomic mass is 9.74. The van der Waals surface area contributed by atoms with Crippen molar-refractivity contribution in [2.75, 3.05) is 0 Å². The number of hydrogen-bond acceptors (Lipinski definition) is 3. The molecular formula is C12H15BrN2O3S. The molecule has 2 rings (SSSR count). The Balaban J connectivity index is 1.81. The second kappa shape index (κ2) is 5.92. The van der Waals surface area contributed by atoms with E-state index in [1.54, 1.807) is 11.3 Å². The Hall–Kier alpha value is -1.08. The van der Waals surface area contributed by atoms with E-state index in [1.807, 2.05) is 11.4 Å². The van der Waals surface area contributed by atoms with E-state index < -0.39 is 11.5 Å². The van der Waals surface area contributed by atoms with Crippen LogP contribution in [0.3, 0.4) is 0 Å². The molecule has 0 saturated heterocycles. The van der Waals surface area contributed by atoms with Crippen LogP contribution in [0.5, 0.6) is 0 Å². The first-order valence-corrected chi connectivity index (χ1v) is 7.67. The number of amides is 2. The van der Waals surface area contributed by atoms with Gasteiger partial charge in [0.15, 0.2) is 0 Å². The highest BCUT2D eigenvalue weighted by Gasteiger charge is 2.40. The zero-order chi connectivity index (χ0) is 13.9. The molecule has 1 fully saturated rings. The molecule has 2 amide bonds. The lowest BCUT2D eigenvalue weighted by Crippen LogP contribution is -2.57. The molecule has 7 heteroatoms. The van der Waals surface area contributed by atoms with Crippen molar-refractivity contribution >= 4 is 39.3 Å². The van der Waals surface area contributed by atoms with E-state index in [0.717, 1.165) is 28.6 Å². The molecule has 1 aliphatic rings. The minimum atomic E-state index is -0.873. The fourth-order valence-electron chi connectivity index (χ4n) is 2.14. The quantitative estimate of drug-likeness (QED) is 0.766. The summed E-state index contributed by atoms with van der Waals surface area (Å²) < 4.78 is 0.996. The molecule has 0 atom stereocenters. The van der Waals surface area contributed by atoms with Gasteiger partial charge in [-0.2, -0.15) is 0 Å². The van der Waals surface area contributed by atoms with Gasteiger partial charge in [0, 0.05) is 14.7 Å². The van der Waals surface area contributed by atoms with E-state index in [0.29, 0.717) is 6.54 Å². The van der Waals surface area contributed by atoms with Gasteiger partial charge in [-0.25, -0.2) is 4.79 Å². The number of carboxylic acids is 1. The van der Waals surface area contributed by atoms with Crippen LogP contribution in [0.25, 0.3) is 0 Å². The molecule has 1 aromatic rings. The first-order valence-electron chi connectivity index (χ1n) is 6.00. The van der Waals surface area contributed by atoms with E-state index in [1.165, 1.54) is 0 Å². The number of carboxylic acid groups (broad SMARTS) is 1. The Morgan fingerprint density at radius 2 is 2.21 bits per heavy atom. The van der Waals surface area contributed by atoms with Crippen LogP contribution in [-0.4, -0.2) is 22.6 Å². The summed E-state index contributed by atoms with van der Waals surface area (Å²) in [6, 6.07) is 1.65. The van der Waals surface area contributed by atoms with Gasteiger partial charge in [-0.05, 0) is 41.3 Å². The number of hydrogen-bond donors (Lipinski definition) is 3. The summed E-state index contributed by atoms with van der Waals surface area (Å²) in [6.07, 6.45) is 2.42. The van der Waals surface area contributed by atoms with Gasteiger partial charge in [0.05, 0.1) is 18.5 Å². The van der Waals surface area contributed by atoms with Crippen LogP contribution in [0.2, 0.25) is 0 Å². The lowest BCUT2D eigenvalue weighted by molar-refractivity contribution is -0.139. The summed E-state index contributed by atoms with van der Waals surface area (Å²) in [5.74, 6) is -0.873.